The molecule has 0 unspecified atom stereocenters. The Labute approximate surface area is 206 Å². The van der Waals surface area contributed by atoms with Crippen LogP contribution in [0.1, 0.15) is 115 Å². The fraction of sp³-hybridized carbons (Fsp3) is 0.667. The molecule has 188 valence electrons. The fourth-order valence-electron chi connectivity index (χ4n) is 5.38. The fourth-order valence-corrected chi connectivity index (χ4v) is 5.38. The summed E-state index contributed by atoms with van der Waals surface area (Å²) in [6, 6.07) is 7.07. The molecule has 0 aliphatic heterocycles. The van der Waals surface area contributed by atoms with E-state index in [1.807, 2.05) is 6.07 Å². The van der Waals surface area contributed by atoms with Crippen molar-refractivity contribution in [2.75, 3.05) is 0 Å². The number of aryl methyl sites for hydroxylation is 2. The van der Waals surface area contributed by atoms with Crippen molar-refractivity contribution in [2.24, 2.45) is 11.8 Å². The Morgan fingerprint density at radius 3 is 2.00 bits per heavy atom. The van der Waals surface area contributed by atoms with Gasteiger partial charge < -0.3 is 0 Å². The van der Waals surface area contributed by atoms with Crippen LogP contribution in [0, 0.1) is 23.5 Å². The lowest BCUT2D eigenvalue weighted by molar-refractivity contribution is 0.248. The van der Waals surface area contributed by atoms with Gasteiger partial charge in [-0.1, -0.05) is 97.0 Å². The number of aromatic nitrogens is 2. The van der Waals surface area contributed by atoms with E-state index in [1.54, 1.807) is 18.2 Å². The van der Waals surface area contributed by atoms with Gasteiger partial charge in [0.2, 0.25) is 0 Å². The quantitative estimate of drug-likeness (QED) is 0.257. The average molecular weight is 471 g/mol. The average Bonchev–Trinajstić information content (AvgIpc) is 2.87. The molecular formula is C30H44F2N2. The Hall–Kier alpha value is -1.84. The van der Waals surface area contributed by atoms with Crippen molar-refractivity contribution in [3.05, 3.63) is 47.2 Å². The minimum Gasteiger partial charge on any atom is -0.203 e. The van der Waals surface area contributed by atoms with Crippen molar-refractivity contribution in [1.82, 2.24) is 10.2 Å². The summed E-state index contributed by atoms with van der Waals surface area (Å²) >= 11 is 0. The van der Waals surface area contributed by atoms with Crippen LogP contribution in [0.5, 0.6) is 0 Å². The third kappa shape index (κ3) is 8.13. The molecule has 0 atom stereocenters. The predicted octanol–water partition coefficient (Wildman–Crippen LogP) is 9.25. The first-order chi connectivity index (χ1) is 16.6. The molecule has 0 N–H and O–H groups in total. The highest BCUT2D eigenvalue weighted by atomic mass is 19.2. The molecule has 3 rings (SSSR count). The molecule has 0 spiro atoms. The molecule has 0 saturated heterocycles. The van der Waals surface area contributed by atoms with Crippen molar-refractivity contribution >= 4 is 0 Å². The zero-order chi connectivity index (χ0) is 24.2. The highest BCUT2D eigenvalue weighted by Gasteiger charge is 2.21. The van der Waals surface area contributed by atoms with E-state index in [2.05, 4.69) is 24.0 Å². The number of hydrogen-bond donors (Lipinski definition) is 0. The smallest absolute Gasteiger partial charge is 0.168 e. The SMILES string of the molecule is CCCCCCc1ccc(-c2ccc(CCC3CCC(CCCCCC)CC3)nn2)c(F)c1F. The lowest BCUT2D eigenvalue weighted by Gasteiger charge is -2.28. The predicted molar refractivity (Wildman–Crippen MR) is 138 cm³/mol. The van der Waals surface area contributed by atoms with E-state index in [9.17, 15) is 8.78 Å². The zero-order valence-electron chi connectivity index (χ0n) is 21.4. The van der Waals surface area contributed by atoms with E-state index >= 15 is 0 Å². The second kappa shape index (κ2) is 14.5. The lowest BCUT2D eigenvalue weighted by Crippen LogP contribution is -2.15. The molecule has 1 aromatic carbocycles. The number of rotatable bonds is 14. The molecule has 0 bridgehead atoms. The molecule has 34 heavy (non-hydrogen) atoms. The van der Waals surface area contributed by atoms with E-state index in [1.165, 1.54) is 57.8 Å². The van der Waals surface area contributed by atoms with Crippen molar-refractivity contribution < 1.29 is 8.78 Å². The third-order valence-corrected chi connectivity index (χ3v) is 7.70. The van der Waals surface area contributed by atoms with Gasteiger partial charge in [0, 0.05) is 5.56 Å². The highest BCUT2D eigenvalue weighted by Crippen LogP contribution is 2.34. The van der Waals surface area contributed by atoms with Crippen LogP contribution in [0.3, 0.4) is 0 Å². The molecule has 2 aromatic rings. The van der Waals surface area contributed by atoms with Crippen LogP contribution in [-0.2, 0) is 12.8 Å². The molecular weight excluding hydrogens is 426 g/mol. The molecule has 0 amide bonds. The number of nitrogens with zero attached hydrogens (tertiary/aromatic N) is 2. The first-order valence-electron chi connectivity index (χ1n) is 13.9. The number of unbranched alkanes of at least 4 members (excludes halogenated alkanes) is 6. The Bertz CT molecular complexity index is 842. The minimum atomic E-state index is -0.804. The Balaban J connectivity index is 1.46. The zero-order valence-corrected chi connectivity index (χ0v) is 21.4. The number of halogens is 2. The summed E-state index contributed by atoms with van der Waals surface area (Å²) in [6.45, 7) is 4.41. The van der Waals surface area contributed by atoms with Crippen LogP contribution >= 0.6 is 0 Å². The number of hydrogen-bond acceptors (Lipinski definition) is 2. The van der Waals surface area contributed by atoms with E-state index in [-0.39, 0.29) is 5.56 Å². The first kappa shape index (κ1) is 26.8. The number of benzene rings is 1. The van der Waals surface area contributed by atoms with E-state index in [0.717, 1.165) is 56.1 Å². The van der Waals surface area contributed by atoms with Gasteiger partial charge in [-0.05, 0) is 61.3 Å². The van der Waals surface area contributed by atoms with Gasteiger partial charge in [0.1, 0.15) is 0 Å². The standard InChI is InChI=1S/C30H44F2N2/c1-3-5-7-9-11-23-13-15-24(16-14-23)17-19-26-20-22-28(34-33-26)27-21-18-25(29(31)30(27)32)12-10-8-6-4-2/h18,20-24H,3-17,19H2,1-2H3. The molecule has 1 aliphatic rings. The molecule has 1 fully saturated rings. The van der Waals surface area contributed by atoms with Crippen LogP contribution in [0.2, 0.25) is 0 Å². The summed E-state index contributed by atoms with van der Waals surface area (Å²) in [4.78, 5) is 0. The minimum absolute atomic E-state index is 0.200. The van der Waals surface area contributed by atoms with Crippen molar-refractivity contribution in [1.29, 1.82) is 0 Å². The van der Waals surface area contributed by atoms with Crippen molar-refractivity contribution in [3.8, 4) is 11.3 Å². The van der Waals surface area contributed by atoms with Gasteiger partial charge >= 0.3 is 0 Å². The molecule has 1 saturated carbocycles. The van der Waals surface area contributed by atoms with E-state index < -0.39 is 11.6 Å². The van der Waals surface area contributed by atoms with Gasteiger partial charge in [-0.15, -0.1) is 0 Å². The van der Waals surface area contributed by atoms with Crippen LogP contribution in [0.15, 0.2) is 24.3 Å². The van der Waals surface area contributed by atoms with E-state index in [0.29, 0.717) is 17.7 Å². The van der Waals surface area contributed by atoms with Gasteiger partial charge in [0.15, 0.2) is 11.6 Å². The summed E-state index contributed by atoms with van der Waals surface area (Å²) in [7, 11) is 0. The summed E-state index contributed by atoms with van der Waals surface area (Å²) in [5.74, 6) is 0.178. The summed E-state index contributed by atoms with van der Waals surface area (Å²) in [6.07, 6.45) is 19.1. The molecule has 1 aliphatic carbocycles. The summed E-state index contributed by atoms with van der Waals surface area (Å²) in [5, 5.41) is 8.57. The monoisotopic (exact) mass is 470 g/mol. The van der Waals surface area contributed by atoms with Crippen LogP contribution < -0.4 is 0 Å². The molecule has 1 heterocycles. The summed E-state index contributed by atoms with van der Waals surface area (Å²) in [5.41, 5.74) is 2.00. The maximum absolute atomic E-state index is 14.7. The largest absolute Gasteiger partial charge is 0.203 e. The molecule has 4 heteroatoms. The second-order valence-corrected chi connectivity index (χ2v) is 10.4. The second-order valence-electron chi connectivity index (χ2n) is 10.4. The Morgan fingerprint density at radius 1 is 0.676 bits per heavy atom. The van der Waals surface area contributed by atoms with Gasteiger partial charge in [-0.25, -0.2) is 8.78 Å². The van der Waals surface area contributed by atoms with Gasteiger partial charge in [0.25, 0.3) is 0 Å². The Kier molecular flexibility index (Phi) is 11.4. The van der Waals surface area contributed by atoms with Crippen molar-refractivity contribution in [2.45, 2.75) is 117 Å². The lowest BCUT2D eigenvalue weighted by atomic mass is 9.78. The highest BCUT2D eigenvalue weighted by molar-refractivity contribution is 5.60. The first-order valence-corrected chi connectivity index (χ1v) is 13.9. The van der Waals surface area contributed by atoms with Gasteiger partial charge in [-0.3, -0.25) is 0 Å². The Morgan fingerprint density at radius 2 is 1.35 bits per heavy atom. The molecule has 2 nitrogen and oxygen atoms in total. The van der Waals surface area contributed by atoms with Crippen molar-refractivity contribution in [3.63, 3.8) is 0 Å². The maximum atomic E-state index is 14.7. The van der Waals surface area contributed by atoms with E-state index in [4.69, 9.17) is 0 Å². The topological polar surface area (TPSA) is 25.8 Å². The maximum Gasteiger partial charge on any atom is 0.168 e. The normalized spacial score (nSPS) is 18.4. The van der Waals surface area contributed by atoms with Crippen LogP contribution in [-0.4, -0.2) is 10.2 Å². The molecule has 1 aromatic heterocycles. The molecule has 0 radical (unpaired) electrons. The third-order valence-electron chi connectivity index (χ3n) is 7.70. The van der Waals surface area contributed by atoms with Gasteiger partial charge in [-0.2, -0.15) is 10.2 Å². The van der Waals surface area contributed by atoms with Crippen LogP contribution in [0.25, 0.3) is 11.3 Å². The van der Waals surface area contributed by atoms with Gasteiger partial charge in [0.05, 0.1) is 11.4 Å². The van der Waals surface area contributed by atoms with Crippen LogP contribution in [0.4, 0.5) is 8.78 Å². The summed E-state index contributed by atoms with van der Waals surface area (Å²) < 4.78 is 29.3.